The highest BCUT2D eigenvalue weighted by molar-refractivity contribution is 5.98. The first-order valence-electron chi connectivity index (χ1n) is 8.05. The summed E-state index contributed by atoms with van der Waals surface area (Å²) in [4.78, 5) is 46.0. The maximum atomic E-state index is 13.1. The third-order valence-corrected chi connectivity index (χ3v) is 3.52. The number of ether oxygens (including phenoxy) is 1. The van der Waals surface area contributed by atoms with Gasteiger partial charge in [-0.2, -0.15) is 0 Å². The quantitative estimate of drug-likeness (QED) is 0.424. The zero-order valence-electron chi connectivity index (χ0n) is 14.7. The number of hydrogen-bond donors (Lipinski definition) is 2. The van der Waals surface area contributed by atoms with Crippen LogP contribution in [0.1, 0.15) is 17.3 Å². The third-order valence-electron chi connectivity index (χ3n) is 3.52. The SMILES string of the molecule is C[C@@H](OC(=O)CNC(=O)c1cccc(F)c1)C(=O)Nc1ccccc1[N+](=O)[O-]. The molecule has 2 amide bonds. The number of rotatable bonds is 7. The summed E-state index contributed by atoms with van der Waals surface area (Å²) in [6.45, 7) is 0.731. The predicted molar refractivity (Wildman–Crippen MR) is 96.0 cm³/mol. The average Bonchev–Trinajstić information content (AvgIpc) is 2.66. The first-order chi connectivity index (χ1) is 13.3. The number of halogens is 1. The van der Waals surface area contributed by atoms with Gasteiger partial charge >= 0.3 is 5.97 Å². The van der Waals surface area contributed by atoms with Crippen molar-refractivity contribution in [2.45, 2.75) is 13.0 Å². The van der Waals surface area contributed by atoms with Crippen LogP contribution in [0.25, 0.3) is 0 Å². The van der Waals surface area contributed by atoms with Gasteiger partial charge in [-0.15, -0.1) is 0 Å². The molecule has 0 unspecified atom stereocenters. The van der Waals surface area contributed by atoms with Crippen LogP contribution >= 0.6 is 0 Å². The van der Waals surface area contributed by atoms with E-state index in [1.54, 1.807) is 0 Å². The molecule has 0 aliphatic heterocycles. The molecule has 2 rings (SSSR count). The van der Waals surface area contributed by atoms with E-state index in [9.17, 15) is 28.9 Å². The van der Waals surface area contributed by atoms with Crippen molar-refractivity contribution in [1.29, 1.82) is 0 Å². The minimum absolute atomic E-state index is 0.0231. The highest BCUT2D eigenvalue weighted by Crippen LogP contribution is 2.23. The highest BCUT2D eigenvalue weighted by atomic mass is 19.1. The highest BCUT2D eigenvalue weighted by Gasteiger charge is 2.21. The lowest BCUT2D eigenvalue weighted by molar-refractivity contribution is -0.383. The number of nitro groups is 1. The lowest BCUT2D eigenvalue weighted by atomic mass is 10.2. The molecule has 0 bridgehead atoms. The second-order valence-corrected chi connectivity index (χ2v) is 5.59. The largest absolute Gasteiger partial charge is 0.451 e. The van der Waals surface area contributed by atoms with Crippen molar-refractivity contribution < 1.29 is 28.4 Å². The van der Waals surface area contributed by atoms with Crippen molar-refractivity contribution in [2.75, 3.05) is 11.9 Å². The van der Waals surface area contributed by atoms with E-state index in [1.807, 2.05) is 0 Å². The zero-order chi connectivity index (χ0) is 20.7. The summed E-state index contributed by atoms with van der Waals surface area (Å²) in [7, 11) is 0. The Bertz CT molecular complexity index is 918. The number of nitro benzene ring substituents is 1. The van der Waals surface area contributed by atoms with Gasteiger partial charge in [0.05, 0.1) is 4.92 Å². The average molecular weight is 389 g/mol. The summed E-state index contributed by atoms with van der Waals surface area (Å²) >= 11 is 0. The van der Waals surface area contributed by atoms with E-state index in [0.29, 0.717) is 0 Å². The Kier molecular flexibility index (Phi) is 6.74. The van der Waals surface area contributed by atoms with Crippen LogP contribution in [-0.4, -0.2) is 35.4 Å². The standard InChI is InChI=1S/C18H16FN3O6/c1-11(17(24)21-14-7-2-3-8-15(14)22(26)27)28-16(23)10-20-18(25)12-5-4-6-13(19)9-12/h2-9,11H,10H2,1H3,(H,20,25)(H,21,24)/t11-/m1/s1. The monoisotopic (exact) mass is 389 g/mol. The lowest BCUT2D eigenvalue weighted by Crippen LogP contribution is -2.36. The molecular formula is C18H16FN3O6. The number of carbonyl (C=O) groups excluding carboxylic acids is 3. The van der Waals surface area contributed by atoms with Crippen LogP contribution in [0.4, 0.5) is 15.8 Å². The van der Waals surface area contributed by atoms with E-state index in [0.717, 1.165) is 6.07 Å². The summed E-state index contributed by atoms with van der Waals surface area (Å²) in [5.41, 5.74) is -0.327. The molecule has 0 aromatic heterocycles. The summed E-state index contributed by atoms with van der Waals surface area (Å²) in [5, 5.41) is 15.5. The summed E-state index contributed by atoms with van der Waals surface area (Å²) in [5.74, 6) is -2.97. The van der Waals surface area contributed by atoms with Crippen molar-refractivity contribution in [2.24, 2.45) is 0 Å². The molecule has 10 heteroatoms. The van der Waals surface area contributed by atoms with Crippen LogP contribution in [0.3, 0.4) is 0 Å². The van der Waals surface area contributed by atoms with Crippen molar-refractivity contribution in [3.05, 3.63) is 70.0 Å². The molecular weight excluding hydrogens is 373 g/mol. The van der Waals surface area contributed by atoms with Crippen molar-refractivity contribution in [3.8, 4) is 0 Å². The maximum absolute atomic E-state index is 13.1. The summed E-state index contributed by atoms with van der Waals surface area (Å²) in [6, 6.07) is 10.4. The Morgan fingerprint density at radius 2 is 1.89 bits per heavy atom. The number of carbonyl (C=O) groups is 3. The molecule has 0 aliphatic carbocycles. The number of anilines is 1. The van der Waals surface area contributed by atoms with Gasteiger partial charge < -0.3 is 15.4 Å². The number of nitrogens with zero attached hydrogens (tertiary/aromatic N) is 1. The molecule has 1 atom stereocenters. The topological polar surface area (TPSA) is 128 Å². The summed E-state index contributed by atoms with van der Waals surface area (Å²) in [6.07, 6.45) is -1.27. The second kappa shape index (κ2) is 9.21. The fourth-order valence-electron chi connectivity index (χ4n) is 2.15. The first kappa shape index (κ1) is 20.5. The van der Waals surface area contributed by atoms with Gasteiger partial charge in [-0.3, -0.25) is 24.5 Å². The molecule has 9 nitrogen and oxygen atoms in total. The normalized spacial score (nSPS) is 11.2. The smallest absolute Gasteiger partial charge is 0.326 e. The van der Waals surface area contributed by atoms with Gasteiger partial charge in [0, 0.05) is 11.6 Å². The van der Waals surface area contributed by atoms with Crippen LogP contribution in [0.15, 0.2) is 48.5 Å². The van der Waals surface area contributed by atoms with Crippen LogP contribution in [0.2, 0.25) is 0 Å². The molecule has 146 valence electrons. The lowest BCUT2D eigenvalue weighted by Gasteiger charge is -2.14. The Morgan fingerprint density at radius 3 is 2.57 bits per heavy atom. The van der Waals surface area contributed by atoms with Crippen molar-refractivity contribution in [3.63, 3.8) is 0 Å². The van der Waals surface area contributed by atoms with E-state index >= 15 is 0 Å². The minimum atomic E-state index is -1.27. The van der Waals surface area contributed by atoms with Crippen molar-refractivity contribution in [1.82, 2.24) is 5.32 Å². The van der Waals surface area contributed by atoms with Crippen LogP contribution < -0.4 is 10.6 Å². The predicted octanol–water partition coefficient (Wildman–Crippen LogP) is 2.03. The fraction of sp³-hybridized carbons (Fsp3) is 0.167. The fourth-order valence-corrected chi connectivity index (χ4v) is 2.15. The van der Waals surface area contributed by atoms with Crippen LogP contribution in [0.5, 0.6) is 0 Å². The molecule has 2 aromatic carbocycles. The number of benzene rings is 2. The van der Waals surface area contributed by atoms with Crippen molar-refractivity contribution >= 4 is 29.2 Å². The summed E-state index contributed by atoms with van der Waals surface area (Å²) < 4.78 is 18.0. The Balaban J connectivity index is 1.87. The molecule has 28 heavy (non-hydrogen) atoms. The van der Waals surface area contributed by atoms with E-state index in [2.05, 4.69) is 10.6 Å². The Morgan fingerprint density at radius 1 is 1.18 bits per heavy atom. The van der Waals surface area contributed by atoms with Gasteiger partial charge in [0.15, 0.2) is 6.10 Å². The second-order valence-electron chi connectivity index (χ2n) is 5.59. The van der Waals surface area contributed by atoms with Gasteiger partial charge in [0.25, 0.3) is 17.5 Å². The number of nitrogens with one attached hydrogen (secondary N) is 2. The molecule has 0 fully saturated rings. The van der Waals surface area contributed by atoms with Gasteiger partial charge in [-0.05, 0) is 31.2 Å². The molecule has 2 aromatic rings. The van der Waals surface area contributed by atoms with E-state index in [-0.39, 0.29) is 16.9 Å². The first-order valence-corrected chi connectivity index (χ1v) is 8.05. The number of amides is 2. The number of hydrogen-bond acceptors (Lipinski definition) is 6. The molecule has 0 aliphatic rings. The van der Waals surface area contributed by atoms with Gasteiger partial charge in [0.1, 0.15) is 18.0 Å². The van der Waals surface area contributed by atoms with E-state index in [4.69, 9.17) is 4.74 Å². The zero-order valence-corrected chi connectivity index (χ0v) is 14.7. The molecule has 2 N–H and O–H groups in total. The molecule has 0 spiro atoms. The van der Waals surface area contributed by atoms with E-state index in [1.165, 1.54) is 49.4 Å². The van der Waals surface area contributed by atoms with Gasteiger partial charge in [-0.25, -0.2) is 4.39 Å². The molecule has 0 heterocycles. The van der Waals surface area contributed by atoms with Gasteiger partial charge in [-0.1, -0.05) is 18.2 Å². The minimum Gasteiger partial charge on any atom is -0.451 e. The number of esters is 1. The Hall–Kier alpha value is -3.82. The van der Waals surface area contributed by atoms with Crippen LogP contribution in [0, 0.1) is 15.9 Å². The maximum Gasteiger partial charge on any atom is 0.326 e. The molecule has 0 saturated carbocycles. The van der Waals surface area contributed by atoms with E-state index < -0.39 is 41.2 Å². The Labute approximate surface area is 158 Å². The third kappa shape index (κ3) is 5.59. The van der Waals surface area contributed by atoms with Crippen LogP contribution in [-0.2, 0) is 14.3 Å². The van der Waals surface area contributed by atoms with Gasteiger partial charge in [0.2, 0.25) is 0 Å². The molecule has 0 radical (unpaired) electrons. The molecule has 0 saturated heterocycles. The number of para-hydroxylation sites is 2.